The van der Waals surface area contributed by atoms with Gasteiger partial charge >= 0.3 is 0 Å². The van der Waals surface area contributed by atoms with Gasteiger partial charge in [0.2, 0.25) is 0 Å². The third kappa shape index (κ3) is 3.48. The Bertz CT molecular complexity index is 778. The van der Waals surface area contributed by atoms with E-state index < -0.39 is 12.6 Å². The number of alkyl halides is 1. The van der Waals surface area contributed by atoms with Gasteiger partial charge in [0.25, 0.3) is 11.5 Å². The molecule has 0 aliphatic carbocycles. The van der Waals surface area contributed by atoms with Crippen LogP contribution in [0, 0.1) is 11.3 Å². The normalized spacial score (nSPS) is 10.1. The molecule has 21 heavy (non-hydrogen) atoms. The van der Waals surface area contributed by atoms with Crippen LogP contribution in [0.15, 0.2) is 29.2 Å². The largest absolute Gasteiger partial charge is 0.320 e. The number of nitrogens with one attached hydrogen (secondary N) is 1. The van der Waals surface area contributed by atoms with Crippen LogP contribution < -0.4 is 10.9 Å². The molecule has 1 amide bonds. The molecule has 0 atom stereocenters. The number of nitriles is 1. The maximum absolute atomic E-state index is 12.3. The molecular weight excluding hydrogens is 317 g/mol. The summed E-state index contributed by atoms with van der Waals surface area (Å²) in [6.45, 7) is -0.755. The molecule has 0 unspecified atom stereocenters. The molecule has 2 heterocycles. The average Bonchev–Trinajstić information content (AvgIpc) is 2.84. The van der Waals surface area contributed by atoms with Crippen molar-refractivity contribution in [1.29, 1.82) is 5.26 Å². The van der Waals surface area contributed by atoms with Gasteiger partial charge in [-0.3, -0.25) is 9.59 Å². The zero-order valence-corrected chi connectivity index (χ0v) is 12.2. The fourth-order valence-corrected chi connectivity index (χ4v) is 2.69. The molecule has 108 valence electrons. The molecule has 0 saturated heterocycles. The van der Waals surface area contributed by atoms with Gasteiger partial charge in [-0.2, -0.15) is 5.26 Å². The fraction of sp³-hybridized carbons (Fsp3) is 0.154. The van der Waals surface area contributed by atoms with Crippen molar-refractivity contribution in [1.82, 2.24) is 4.57 Å². The van der Waals surface area contributed by atoms with Crippen LogP contribution in [0.2, 0.25) is 5.02 Å². The summed E-state index contributed by atoms with van der Waals surface area (Å²) < 4.78 is 13.5. The van der Waals surface area contributed by atoms with Crippen LogP contribution in [0.4, 0.5) is 10.1 Å². The Hall–Kier alpha value is -2.17. The van der Waals surface area contributed by atoms with Crippen molar-refractivity contribution in [2.75, 3.05) is 12.0 Å². The first-order chi connectivity index (χ1) is 10.0. The van der Waals surface area contributed by atoms with E-state index in [4.69, 9.17) is 16.9 Å². The Kier molecular flexibility index (Phi) is 4.73. The second-order valence-corrected chi connectivity index (χ2v) is 5.45. The zero-order chi connectivity index (χ0) is 15.4. The summed E-state index contributed by atoms with van der Waals surface area (Å²) in [7, 11) is 0. The van der Waals surface area contributed by atoms with Crippen LogP contribution in [0.25, 0.3) is 0 Å². The van der Waals surface area contributed by atoms with E-state index >= 15 is 0 Å². The van der Waals surface area contributed by atoms with E-state index in [1.165, 1.54) is 24.4 Å². The quantitative estimate of drug-likeness (QED) is 0.939. The molecule has 8 heteroatoms. The molecule has 0 saturated carbocycles. The smallest absolute Gasteiger partial charge is 0.265 e. The summed E-state index contributed by atoms with van der Waals surface area (Å²) in [5, 5.41) is 11.6. The first-order valence-corrected chi connectivity index (χ1v) is 7.02. The van der Waals surface area contributed by atoms with Crippen molar-refractivity contribution in [3.8, 4) is 6.07 Å². The van der Waals surface area contributed by atoms with E-state index in [0.29, 0.717) is 5.69 Å². The van der Waals surface area contributed by atoms with Gasteiger partial charge in [0.15, 0.2) is 0 Å². The molecule has 2 rings (SSSR count). The molecule has 5 nitrogen and oxygen atoms in total. The average molecular weight is 326 g/mol. The number of aromatic nitrogens is 1. The van der Waals surface area contributed by atoms with E-state index in [-0.39, 0.29) is 26.9 Å². The third-order valence-electron chi connectivity index (χ3n) is 2.58. The summed E-state index contributed by atoms with van der Waals surface area (Å²) >= 11 is 6.77. The topological polar surface area (TPSA) is 74.9 Å². The molecular formula is C13H9ClFN3O2S. The lowest BCUT2D eigenvalue weighted by Gasteiger charge is -2.07. The van der Waals surface area contributed by atoms with Gasteiger partial charge in [-0.15, -0.1) is 11.3 Å². The van der Waals surface area contributed by atoms with Gasteiger partial charge in [-0.25, -0.2) is 4.39 Å². The van der Waals surface area contributed by atoms with Crippen molar-refractivity contribution < 1.29 is 9.18 Å². The van der Waals surface area contributed by atoms with Crippen LogP contribution in [0.1, 0.15) is 14.5 Å². The number of halogens is 2. The lowest BCUT2D eigenvalue weighted by atomic mass is 10.3. The number of carbonyl (C=O) groups is 1. The van der Waals surface area contributed by atoms with E-state index in [9.17, 15) is 14.0 Å². The lowest BCUT2D eigenvalue weighted by Crippen LogP contribution is -2.21. The maximum Gasteiger partial charge on any atom is 0.265 e. The highest BCUT2D eigenvalue weighted by atomic mass is 35.5. The Morgan fingerprint density at radius 1 is 1.52 bits per heavy atom. The minimum absolute atomic E-state index is 0.0774. The third-order valence-corrected chi connectivity index (χ3v) is 4.03. The molecule has 0 spiro atoms. The van der Waals surface area contributed by atoms with Crippen molar-refractivity contribution in [2.45, 2.75) is 6.54 Å². The summed E-state index contributed by atoms with van der Waals surface area (Å²) in [5.74, 6) is -0.450. The number of hydrogen-bond donors (Lipinski definition) is 1. The minimum atomic E-state index is -0.677. The van der Waals surface area contributed by atoms with Crippen molar-refractivity contribution >= 4 is 34.5 Å². The van der Waals surface area contributed by atoms with Gasteiger partial charge < -0.3 is 9.88 Å². The number of amides is 1. The number of thiophene rings is 1. The highest BCUT2D eigenvalue weighted by Gasteiger charge is 2.14. The fourth-order valence-electron chi connectivity index (χ4n) is 1.62. The van der Waals surface area contributed by atoms with Gasteiger partial charge in [0.05, 0.1) is 22.1 Å². The van der Waals surface area contributed by atoms with Crippen LogP contribution in [-0.4, -0.2) is 17.1 Å². The minimum Gasteiger partial charge on any atom is -0.320 e. The highest BCUT2D eigenvalue weighted by molar-refractivity contribution is 7.15. The molecule has 1 N–H and O–H groups in total. The predicted molar refractivity (Wildman–Crippen MR) is 78.7 cm³/mol. The standard InChI is InChI=1S/C13H9ClFN3O2S/c14-9-5-10(21-11(9)6-16)13(20)17-8-1-2-12(19)18(7-8)4-3-15/h1-2,5,7H,3-4H2,(H,17,20). The first kappa shape index (κ1) is 15.2. The van der Waals surface area contributed by atoms with Crippen LogP contribution in [0.3, 0.4) is 0 Å². The maximum atomic E-state index is 12.3. The summed E-state index contributed by atoms with van der Waals surface area (Å²) in [5.41, 5.74) is 0.00710. The van der Waals surface area contributed by atoms with Crippen LogP contribution in [-0.2, 0) is 6.54 Å². The number of carbonyl (C=O) groups excluding carboxylic acids is 1. The zero-order valence-electron chi connectivity index (χ0n) is 10.6. The van der Waals surface area contributed by atoms with E-state index in [2.05, 4.69) is 5.32 Å². The second kappa shape index (κ2) is 6.52. The number of aryl methyl sites for hydroxylation is 1. The Morgan fingerprint density at radius 3 is 2.90 bits per heavy atom. The lowest BCUT2D eigenvalue weighted by molar-refractivity contribution is 0.103. The van der Waals surface area contributed by atoms with Gasteiger partial charge in [-0.1, -0.05) is 11.6 Å². The van der Waals surface area contributed by atoms with E-state index in [0.717, 1.165) is 15.9 Å². The number of hydrogen-bond acceptors (Lipinski definition) is 4. The van der Waals surface area contributed by atoms with Crippen LogP contribution >= 0.6 is 22.9 Å². The number of nitrogens with zero attached hydrogens (tertiary/aromatic N) is 2. The van der Waals surface area contributed by atoms with Crippen molar-refractivity contribution in [2.24, 2.45) is 0 Å². The second-order valence-electron chi connectivity index (χ2n) is 3.99. The monoisotopic (exact) mass is 325 g/mol. The summed E-state index contributed by atoms with van der Waals surface area (Å²) in [6, 6.07) is 5.96. The van der Waals surface area contributed by atoms with Gasteiger partial charge in [-0.05, 0) is 12.1 Å². The number of pyridine rings is 1. The van der Waals surface area contributed by atoms with Crippen molar-refractivity contribution in [3.05, 3.63) is 49.5 Å². The van der Waals surface area contributed by atoms with E-state index in [1.54, 1.807) is 0 Å². The number of anilines is 1. The Balaban J connectivity index is 2.21. The van der Waals surface area contributed by atoms with E-state index in [1.807, 2.05) is 6.07 Å². The molecule has 0 aromatic carbocycles. The van der Waals surface area contributed by atoms with Gasteiger partial charge in [0, 0.05) is 12.3 Å². The predicted octanol–water partition coefficient (Wildman–Crippen LogP) is 2.66. The van der Waals surface area contributed by atoms with Gasteiger partial charge in [0.1, 0.15) is 17.6 Å². The SMILES string of the molecule is N#Cc1sc(C(=O)Nc2ccc(=O)n(CCF)c2)cc1Cl. The molecule has 0 fully saturated rings. The molecule has 0 aliphatic rings. The molecule has 0 aliphatic heterocycles. The molecule has 0 bridgehead atoms. The summed E-state index contributed by atoms with van der Waals surface area (Å²) in [4.78, 5) is 24.0. The number of rotatable bonds is 4. The molecule has 2 aromatic rings. The molecule has 2 aromatic heterocycles. The Labute approximate surface area is 128 Å². The highest BCUT2D eigenvalue weighted by Crippen LogP contribution is 2.26. The molecule has 0 radical (unpaired) electrons. The summed E-state index contributed by atoms with van der Waals surface area (Å²) in [6.07, 6.45) is 1.36. The van der Waals surface area contributed by atoms with Crippen LogP contribution in [0.5, 0.6) is 0 Å². The first-order valence-electron chi connectivity index (χ1n) is 5.82. The Morgan fingerprint density at radius 2 is 2.29 bits per heavy atom. The van der Waals surface area contributed by atoms with Crippen molar-refractivity contribution in [3.63, 3.8) is 0 Å².